The van der Waals surface area contributed by atoms with Crippen LogP contribution in [0.25, 0.3) is 5.57 Å². The van der Waals surface area contributed by atoms with Gasteiger partial charge in [-0.1, -0.05) is 60.5 Å². The topological polar surface area (TPSA) is 0 Å². The highest BCUT2D eigenvalue weighted by molar-refractivity contribution is 6.30. The molecule has 0 N–H and O–H groups in total. The molecular weight excluding hydrogens is 240 g/mol. The second-order valence-electron chi connectivity index (χ2n) is 4.87. The Morgan fingerprint density at radius 2 is 1.61 bits per heavy atom. The minimum Gasteiger partial charge on any atom is -0.0843 e. The first-order valence-corrected chi connectivity index (χ1v) is 6.62. The lowest BCUT2D eigenvalue weighted by molar-refractivity contribution is 0.920. The molecule has 0 aliphatic heterocycles. The van der Waals surface area contributed by atoms with Crippen LogP contribution < -0.4 is 0 Å². The molecule has 0 bridgehead atoms. The maximum absolute atomic E-state index is 5.97. The van der Waals surface area contributed by atoms with E-state index in [0.29, 0.717) is 5.92 Å². The number of rotatable bonds is 1. The zero-order valence-corrected chi connectivity index (χ0v) is 11.3. The highest BCUT2D eigenvalue weighted by Crippen LogP contribution is 2.44. The Morgan fingerprint density at radius 1 is 0.944 bits per heavy atom. The van der Waals surface area contributed by atoms with Gasteiger partial charge in [0.2, 0.25) is 0 Å². The van der Waals surface area contributed by atoms with E-state index in [9.17, 15) is 0 Å². The predicted molar refractivity (Wildman–Crippen MR) is 78.0 cm³/mol. The molecule has 0 heterocycles. The van der Waals surface area contributed by atoms with E-state index >= 15 is 0 Å². The van der Waals surface area contributed by atoms with Gasteiger partial charge in [-0.15, -0.1) is 0 Å². The smallest absolute Gasteiger partial charge is 0.0406 e. The maximum atomic E-state index is 5.97. The third-order valence-electron chi connectivity index (χ3n) is 3.87. The minimum atomic E-state index is 0.506. The molecule has 1 aliphatic rings. The molecule has 0 fully saturated rings. The molecule has 0 spiro atoms. The van der Waals surface area contributed by atoms with Gasteiger partial charge in [-0.3, -0.25) is 0 Å². The fourth-order valence-corrected chi connectivity index (χ4v) is 2.89. The fourth-order valence-electron chi connectivity index (χ4n) is 2.76. The lowest BCUT2D eigenvalue weighted by atomic mass is 9.98. The molecule has 0 amide bonds. The van der Waals surface area contributed by atoms with E-state index in [-0.39, 0.29) is 0 Å². The van der Waals surface area contributed by atoms with Crippen molar-refractivity contribution in [1.29, 1.82) is 0 Å². The zero-order valence-electron chi connectivity index (χ0n) is 10.6. The van der Waals surface area contributed by atoms with E-state index in [2.05, 4.69) is 50.2 Å². The first kappa shape index (κ1) is 11.6. The summed E-state index contributed by atoms with van der Waals surface area (Å²) < 4.78 is 0. The fraction of sp³-hybridized carbons (Fsp3) is 0.176. The summed E-state index contributed by atoms with van der Waals surface area (Å²) in [7, 11) is 0. The maximum Gasteiger partial charge on any atom is 0.0406 e. The normalized spacial score (nSPS) is 18.1. The van der Waals surface area contributed by atoms with Crippen LogP contribution in [0.5, 0.6) is 0 Å². The molecule has 18 heavy (non-hydrogen) atoms. The van der Waals surface area contributed by atoms with Crippen LogP contribution in [0.3, 0.4) is 0 Å². The Bertz CT molecular complexity index is 620. The summed E-state index contributed by atoms with van der Waals surface area (Å²) in [5, 5.41) is 0.788. The van der Waals surface area contributed by atoms with Crippen LogP contribution in [0.4, 0.5) is 0 Å². The van der Waals surface area contributed by atoms with Crippen LogP contribution in [-0.4, -0.2) is 0 Å². The number of fused-ring (bicyclic) bond motifs is 1. The van der Waals surface area contributed by atoms with Gasteiger partial charge >= 0.3 is 0 Å². The Hall–Kier alpha value is -1.53. The van der Waals surface area contributed by atoms with Crippen LogP contribution in [0, 0.1) is 0 Å². The van der Waals surface area contributed by atoms with E-state index < -0.39 is 0 Å². The summed E-state index contributed by atoms with van der Waals surface area (Å²) in [6.07, 6.45) is 0. The quantitative estimate of drug-likeness (QED) is 0.650. The van der Waals surface area contributed by atoms with Gasteiger partial charge in [0.15, 0.2) is 0 Å². The third-order valence-corrected chi connectivity index (χ3v) is 4.13. The molecule has 90 valence electrons. The van der Waals surface area contributed by atoms with Crippen molar-refractivity contribution in [2.45, 2.75) is 19.8 Å². The van der Waals surface area contributed by atoms with E-state index in [0.717, 1.165) is 5.02 Å². The van der Waals surface area contributed by atoms with E-state index in [4.69, 9.17) is 11.6 Å². The molecule has 1 aliphatic carbocycles. The van der Waals surface area contributed by atoms with Crippen LogP contribution in [-0.2, 0) is 0 Å². The van der Waals surface area contributed by atoms with Crippen molar-refractivity contribution in [2.24, 2.45) is 0 Å². The standard InChI is InChI=1S/C17H15Cl/c1-11-12(2)17(13-7-9-14(18)10-8-13)16-6-4-3-5-15(11)16/h3-11H,1-2H3. The van der Waals surface area contributed by atoms with Crippen LogP contribution in [0.15, 0.2) is 54.1 Å². The second kappa shape index (κ2) is 4.29. The molecule has 1 heteroatoms. The van der Waals surface area contributed by atoms with Crippen molar-refractivity contribution in [1.82, 2.24) is 0 Å². The highest BCUT2D eigenvalue weighted by atomic mass is 35.5. The minimum absolute atomic E-state index is 0.506. The van der Waals surface area contributed by atoms with Crippen LogP contribution >= 0.6 is 11.6 Å². The first-order valence-electron chi connectivity index (χ1n) is 6.24. The number of halogens is 1. The summed E-state index contributed by atoms with van der Waals surface area (Å²) in [4.78, 5) is 0. The van der Waals surface area contributed by atoms with Gasteiger partial charge in [-0.2, -0.15) is 0 Å². The molecule has 1 atom stereocenters. The van der Waals surface area contributed by atoms with Crippen LogP contribution in [0.2, 0.25) is 5.02 Å². The first-order chi connectivity index (χ1) is 8.68. The van der Waals surface area contributed by atoms with E-state index in [1.54, 1.807) is 0 Å². The Kier molecular flexibility index (Phi) is 2.76. The van der Waals surface area contributed by atoms with Gasteiger partial charge in [-0.05, 0) is 41.3 Å². The summed E-state index contributed by atoms with van der Waals surface area (Å²) in [6, 6.07) is 16.8. The van der Waals surface area contributed by atoms with Crippen molar-refractivity contribution in [2.75, 3.05) is 0 Å². The van der Waals surface area contributed by atoms with Crippen molar-refractivity contribution in [3.63, 3.8) is 0 Å². The molecule has 1 unspecified atom stereocenters. The molecule has 0 saturated heterocycles. The van der Waals surface area contributed by atoms with E-state index in [1.807, 2.05) is 12.1 Å². The summed E-state index contributed by atoms with van der Waals surface area (Å²) in [6.45, 7) is 4.51. The number of allylic oxidation sites excluding steroid dienone is 1. The van der Waals surface area contributed by atoms with Crippen molar-refractivity contribution in [3.8, 4) is 0 Å². The van der Waals surface area contributed by atoms with Gasteiger partial charge in [-0.25, -0.2) is 0 Å². The van der Waals surface area contributed by atoms with Gasteiger partial charge in [0.25, 0.3) is 0 Å². The van der Waals surface area contributed by atoms with Crippen LogP contribution in [0.1, 0.15) is 36.5 Å². The summed E-state index contributed by atoms with van der Waals surface area (Å²) in [5.41, 5.74) is 6.87. The number of benzene rings is 2. The predicted octanol–water partition coefficient (Wildman–Crippen LogP) is 5.28. The van der Waals surface area contributed by atoms with Gasteiger partial charge < -0.3 is 0 Å². The SMILES string of the molecule is CC1=C(c2ccc(Cl)cc2)c2ccccc2C1C. The summed E-state index contributed by atoms with van der Waals surface area (Å²) in [5.74, 6) is 0.506. The average molecular weight is 255 g/mol. The molecule has 0 radical (unpaired) electrons. The van der Waals surface area contributed by atoms with Gasteiger partial charge in [0, 0.05) is 10.9 Å². The lowest BCUT2D eigenvalue weighted by Gasteiger charge is -2.07. The molecule has 3 rings (SSSR count). The molecule has 0 aromatic heterocycles. The van der Waals surface area contributed by atoms with E-state index in [1.165, 1.54) is 27.8 Å². The largest absolute Gasteiger partial charge is 0.0843 e. The average Bonchev–Trinajstić information content (AvgIpc) is 2.64. The third kappa shape index (κ3) is 1.69. The highest BCUT2D eigenvalue weighted by Gasteiger charge is 2.25. The molecule has 0 nitrogen and oxygen atoms in total. The zero-order chi connectivity index (χ0) is 12.7. The van der Waals surface area contributed by atoms with Crippen molar-refractivity contribution < 1.29 is 0 Å². The van der Waals surface area contributed by atoms with Crippen molar-refractivity contribution in [3.05, 3.63) is 75.8 Å². The number of hydrogen-bond donors (Lipinski definition) is 0. The number of hydrogen-bond acceptors (Lipinski definition) is 0. The van der Waals surface area contributed by atoms with Gasteiger partial charge in [0.05, 0.1) is 0 Å². The lowest BCUT2D eigenvalue weighted by Crippen LogP contribution is -1.88. The molecule has 0 saturated carbocycles. The second-order valence-corrected chi connectivity index (χ2v) is 5.31. The van der Waals surface area contributed by atoms with Gasteiger partial charge in [0.1, 0.15) is 0 Å². The van der Waals surface area contributed by atoms with Crippen molar-refractivity contribution >= 4 is 17.2 Å². The monoisotopic (exact) mass is 254 g/mol. The molecular formula is C17H15Cl. The Morgan fingerprint density at radius 3 is 2.33 bits per heavy atom. The Labute approximate surface area is 113 Å². The summed E-state index contributed by atoms with van der Waals surface area (Å²) >= 11 is 5.97. The molecule has 2 aromatic carbocycles. The molecule has 2 aromatic rings. The Balaban J connectivity index is 2.20.